The van der Waals surface area contributed by atoms with Gasteiger partial charge in [-0.15, -0.1) is 0 Å². The van der Waals surface area contributed by atoms with Gasteiger partial charge in [0.05, 0.1) is 25.6 Å². The fraction of sp³-hybridized carbons (Fsp3) is 0.318. The first kappa shape index (κ1) is 18.2. The van der Waals surface area contributed by atoms with Crippen LogP contribution in [0.15, 0.2) is 53.1 Å². The number of fused-ring (bicyclic) bond motifs is 1. The maximum atomic E-state index is 12.6. The van der Waals surface area contributed by atoms with Gasteiger partial charge >= 0.3 is 0 Å². The lowest BCUT2D eigenvalue weighted by atomic mass is 9.99. The monoisotopic (exact) mass is 377 g/mol. The molecule has 2 heterocycles. The Hall–Kier alpha value is -3.15. The Morgan fingerprint density at radius 3 is 2.71 bits per heavy atom. The van der Waals surface area contributed by atoms with Crippen molar-refractivity contribution in [2.24, 2.45) is 5.92 Å². The molecule has 0 fully saturated rings. The predicted molar refractivity (Wildman–Crippen MR) is 105 cm³/mol. The number of nitrogens with zero attached hydrogens (tertiary/aromatic N) is 2. The summed E-state index contributed by atoms with van der Waals surface area (Å²) in [4.78, 5) is 22.0. The van der Waals surface area contributed by atoms with E-state index < -0.39 is 0 Å². The number of carbonyl (C=O) groups excluding carboxylic acids is 1. The highest BCUT2D eigenvalue weighted by Gasteiger charge is 2.26. The van der Waals surface area contributed by atoms with Crippen LogP contribution in [0.25, 0.3) is 11.4 Å². The van der Waals surface area contributed by atoms with Crippen LogP contribution in [0.3, 0.4) is 0 Å². The summed E-state index contributed by atoms with van der Waals surface area (Å²) in [6.07, 6.45) is 4.57. The third-order valence-electron chi connectivity index (χ3n) is 5.14. The molecule has 28 heavy (non-hydrogen) atoms. The highest BCUT2D eigenvalue weighted by Crippen LogP contribution is 2.31. The van der Waals surface area contributed by atoms with E-state index in [0.29, 0.717) is 18.2 Å². The summed E-state index contributed by atoms with van der Waals surface area (Å²) in [6, 6.07) is 13.6. The Morgan fingerprint density at radius 1 is 1.14 bits per heavy atom. The van der Waals surface area contributed by atoms with Crippen molar-refractivity contribution < 1.29 is 13.9 Å². The van der Waals surface area contributed by atoms with Crippen LogP contribution in [-0.2, 0) is 24.2 Å². The van der Waals surface area contributed by atoms with Crippen molar-refractivity contribution in [2.45, 2.75) is 32.2 Å². The number of aryl methyl sites for hydroxylation is 1. The SMILES string of the molecule is COc1nc(-c2ccccc2)nc2c1CCC(C(=O)NCc1ccco1)CC2. The first-order valence-electron chi connectivity index (χ1n) is 9.54. The van der Waals surface area contributed by atoms with E-state index in [-0.39, 0.29) is 11.8 Å². The summed E-state index contributed by atoms with van der Waals surface area (Å²) in [5, 5.41) is 2.98. The van der Waals surface area contributed by atoms with Gasteiger partial charge < -0.3 is 14.5 Å². The van der Waals surface area contributed by atoms with E-state index in [2.05, 4.69) is 10.3 Å². The van der Waals surface area contributed by atoms with Gasteiger partial charge in [0, 0.05) is 17.0 Å². The van der Waals surface area contributed by atoms with E-state index in [1.807, 2.05) is 42.5 Å². The number of rotatable bonds is 5. The van der Waals surface area contributed by atoms with Crippen molar-refractivity contribution >= 4 is 5.91 Å². The molecule has 1 aliphatic carbocycles. The smallest absolute Gasteiger partial charge is 0.223 e. The molecule has 0 saturated carbocycles. The van der Waals surface area contributed by atoms with E-state index in [1.54, 1.807) is 13.4 Å². The van der Waals surface area contributed by atoms with Crippen LogP contribution >= 0.6 is 0 Å². The molecule has 1 unspecified atom stereocenters. The van der Waals surface area contributed by atoms with Gasteiger partial charge in [0.2, 0.25) is 11.8 Å². The highest BCUT2D eigenvalue weighted by molar-refractivity contribution is 5.78. The molecule has 2 aromatic heterocycles. The van der Waals surface area contributed by atoms with Crippen molar-refractivity contribution in [3.8, 4) is 17.3 Å². The molecular formula is C22H23N3O3. The maximum Gasteiger partial charge on any atom is 0.223 e. The second kappa shape index (κ2) is 8.25. The lowest BCUT2D eigenvalue weighted by Gasteiger charge is -2.13. The van der Waals surface area contributed by atoms with E-state index in [9.17, 15) is 4.79 Å². The summed E-state index contributed by atoms with van der Waals surface area (Å²) >= 11 is 0. The van der Waals surface area contributed by atoms with Gasteiger partial charge in [-0.1, -0.05) is 30.3 Å². The van der Waals surface area contributed by atoms with Crippen LogP contribution in [0.1, 0.15) is 29.9 Å². The lowest BCUT2D eigenvalue weighted by molar-refractivity contribution is -0.125. The summed E-state index contributed by atoms with van der Waals surface area (Å²) in [7, 11) is 1.63. The van der Waals surface area contributed by atoms with E-state index >= 15 is 0 Å². The Bertz CT molecular complexity index is 939. The fourth-order valence-electron chi connectivity index (χ4n) is 3.62. The molecule has 1 aliphatic rings. The molecule has 0 saturated heterocycles. The minimum atomic E-state index is -0.0611. The predicted octanol–water partition coefficient (Wildman–Crippen LogP) is 3.56. The van der Waals surface area contributed by atoms with Gasteiger partial charge in [-0.25, -0.2) is 4.98 Å². The van der Waals surface area contributed by atoms with Crippen molar-refractivity contribution in [3.63, 3.8) is 0 Å². The molecule has 1 atom stereocenters. The van der Waals surface area contributed by atoms with Crippen LogP contribution in [0.5, 0.6) is 5.88 Å². The van der Waals surface area contributed by atoms with Crippen molar-refractivity contribution in [3.05, 3.63) is 65.7 Å². The third-order valence-corrected chi connectivity index (χ3v) is 5.14. The van der Waals surface area contributed by atoms with Crippen molar-refractivity contribution in [2.75, 3.05) is 7.11 Å². The standard InChI is InChI=1S/C22H23N3O3/c1-27-22-18-11-9-16(21(26)23-14-17-8-5-13-28-17)10-12-19(18)24-20(25-22)15-6-3-2-4-7-15/h2-8,13,16H,9-12,14H2,1H3,(H,23,26). The number of nitrogens with one attached hydrogen (secondary N) is 1. The van der Waals surface area contributed by atoms with Gasteiger partial charge in [0.1, 0.15) is 5.76 Å². The van der Waals surface area contributed by atoms with Crippen LogP contribution in [0.4, 0.5) is 0 Å². The Labute approximate surface area is 164 Å². The molecule has 4 rings (SSSR count). The molecule has 6 nitrogen and oxygen atoms in total. The number of furan rings is 1. The fourth-order valence-corrected chi connectivity index (χ4v) is 3.62. The Balaban J connectivity index is 1.50. The largest absolute Gasteiger partial charge is 0.481 e. The number of carbonyl (C=O) groups is 1. The lowest BCUT2D eigenvalue weighted by Crippen LogP contribution is -2.30. The second-order valence-electron chi connectivity index (χ2n) is 6.92. The quantitative estimate of drug-likeness (QED) is 0.688. The molecule has 3 aromatic rings. The van der Waals surface area contributed by atoms with Crippen LogP contribution in [0, 0.1) is 5.92 Å². The zero-order chi connectivity index (χ0) is 19.3. The van der Waals surface area contributed by atoms with E-state index in [0.717, 1.165) is 48.3 Å². The topological polar surface area (TPSA) is 77.2 Å². The maximum absolute atomic E-state index is 12.6. The van der Waals surface area contributed by atoms with Crippen LogP contribution < -0.4 is 10.1 Å². The number of hydrogen-bond acceptors (Lipinski definition) is 5. The Kier molecular flexibility index (Phi) is 5.37. The zero-order valence-corrected chi connectivity index (χ0v) is 15.9. The number of hydrogen-bond donors (Lipinski definition) is 1. The normalized spacial score (nSPS) is 16.1. The molecule has 1 amide bonds. The minimum absolute atomic E-state index is 0.0550. The van der Waals surface area contributed by atoms with Gasteiger partial charge in [-0.3, -0.25) is 4.79 Å². The van der Waals surface area contributed by atoms with E-state index in [4.69, 9.17) is 14.1 Å². The van der Waals surface area contributed by atoms with Gasteiger partial charge in [-0.05, 0) is 37.8 Å². The summed E-state index contributed by atoms with van der Waals surface area (Å²) in [5.74, 6) is 2.02. The van der Waals surface area contributed by atoms with Gasteiger partial charge in [0.25, 0.3) is 0 Å². The summed E-state index contributed by atoms with van der Waals surface area (Å²) < 4.78 is 10.8. The molecule has 1 aromatic carbocycles. The third kappa shape index (κ3) is 3.91. The number of amides is 1. The Morgan fingerprint density at radius 2 is 1.96 bits per heavy atom. The molecule has 0 radical (unpaired) electrons. The van der Waals surface area contributed by atoms with Gasteiger partial charge in [-0.2, -0.15) is 4.98 Å². The summed E-state index contributed by atoms with van der Waals surface area (Å²) in [5.41, 5.74) is 2.95. The minimum Gasteiger partial charge on any atom is -0.481 e. The van der Waals surface area contributed by atoms with Crippen molar-refractivity contribution in [1.82, 2.24) is 15.3 Å². The van der Waals surface area contributed by atoms with E-state index in [1.165, 1.54) is 0 Å². The van der Waals surface area contributed by atoms with Crippen molar-refractivity contribution in [1.29, 1.82) is 0 Å². The number of methoxy groups -OCH3 is 1. The molecule has 1 N–H and O–H groups in total. The van der Waals surface area contributed by atoms with Crippen LogP contribution in [-0.4, -0.2) is 23.0 Å². The molecule has 6 heteroatoms. The first-order chi connectivity index (χ1) is 13.7. The highest BCUT2D eigenvalue weighted by atomic mass is 16.5. The average Bonchev–Trinajstić information content (AvgIpc) is 3.17. The molecule has 0 spiro atoms. The summed E-state index contributed by atoms with van der Waals surface area (Å²) in [6.45, 7) is 0.413. The molecule has 144 valence electrons. The number of benzene rings is 1. The second-order valence-corrected chi connectivity index (χ2v) is 6.92. The number of aromatic nitrogens is 2. The molecular weight excluding hydrogens is 354 g/mol. The van der Waals surface area contributed by atoms with Gasteiger partial charge in [0.15, 0.2) is 5.82 Å². The zero-order valence-electron chi connectivity index (χ0n) is 15.9. The molecule has 0 aliphatic heterocycles. The first-order valence-corrected chi connectivity index (χ1v) is 9.54. The average molecular weight is 377 g/mol. The molecule has 0 bridgehead atoms. The van der Waals surface area contributed by atoms with Crippen LogP contribution in [0.2, 0.25) is 0 Å². The number of ether oxygens (including phenoxy) is 1.